The highest BCUT2D eigenvalue weighted by Gasteiger charge is 2.07. The molecule has 0 radical (unpaired) electrons. The van der Waals surface area contributed by atoms with Crippen LogP contribution < -0.4 is 4.74 Å². The van der Waals surface area contributed by atoms with Gasteiger partial charge in [0.15, 0.2) is 6.61 Å². The van der Waals surface area contributed by atoms with E-state index in [1.165, 1.54) is 0 Å². The highest BCUT2D eigenvalue weighted by molar-refractivity contribution is 6.29. The summed E-state index contributed by atoms with van der Waals surface area (Å²) >= 11 is 5.43. The predicted octanol–water partition coefficient (Wildman–Crippen LogP) is 2.23. The van der Waals surface area contributed by atoms with E-state index in [1.54, 1.807) is 24.3 Å². The van der Waals surface area contributed by atoms with Crippen LogP contribution in [-0.2, 0) is 9.53 Å². The van der Waals surface area contributed by atoms with E-state index in [2.05, 4.69) is 6.58 Å². The van der Waals surface area contributed by atoms with Gasteiger partial charge in [0.05, 0.1) is 5.56 Å². The molecular weight excluding hydrogens is 242 g/mol. The third-order valence-electron chi connectivity index (χ3n) is 1.74. The van der Waals surface area contributed by atoms with Gasteiger partial charge in [-0.25, -0.2) is 4.79 Å². The van der Waals surface area contributed by atoms with Gasteiger partial charge in [-0.3, -0.25) is 0 Å². The molecule has 0 heterocycles. The number of benzene rings is 1. The number of para-hydroxylation sites is 1. The van der Waals surface area contributed by atoms with E-state index in [1.807, 2.05) is 6.07 Å². The zero-order valence-electron chi connectivity index (χ0n) is 8.98. The molecule has 1 aromatic carbocycles. The zero-order valence-corrected chi connectivity index (χ0v) is 9.74. The third kappa shape index (κ3) is 4.58. The van der Waals surface area contributed by atoms with E-state index in [0.717, 1.165) is 0 Å². The Kier molecular flexibility index (Phi) is 5.05. The Balaban J connectivity index is 2.48. The number of nitrogens with zero attached hydrogens (tertiary/aromatic N) is 1. The van der Waals surface area contributed by atoms with E-state index >= 15 is 0 Å². The fraction of sp³-hybridized carbons (Fsp3) is 0.167. The van der Waals surface area contributed by atoms with E-state index in [9.17, 15) is 4.79 Å². The first-order chi connectivity index (χ1) is 8.13. The summed E-state index contributed by atoms with van der Waals surface area (Å²) in [7, 11) is 0. The van der Waals surface area contributed by atoms with Crippen LogP contribution in [0.2, 0.25) is 0 Å². The Morgan fingerprint density at radius 2 is 2.12 bits per heavy atom. The van der Waals surface area contributed by atoms with Crippen LogP contribution in [0.1, 0.15) is 5.56 Å². The summed E-state index contributed by atoms with van der Waals surface area (Å²) < 4.78 is 9.87. The SMILES string of the molecule is C=C(Cl)COC(=O)COc1ccccc1C#N. The van der Waals surface area contributed by atoms with Crippen LogP contribution in [0.15, 0.2) is 35.9 Å². The monoisotopic (exact) mass is 251 g/mol. The molecule has 0 spiro atoms. The maximum atomic E-state index is 11.2. The average Bonchev–Trinajstić information content (AvgIpc) is 2.34. The number of carbonyl (C=O) groups excluding carboxylic acids is 1. The lowest BCUT2D eigenvalue weighted by molar-refractivity contribution is -0.144. The molecule has 1 rings (SSSR count). The summed E-state index contributed by atoms with van der Waals surface area (Å²) in [5.74, 6) is -0.226. The van der Waals surface area contributed by atoms with Gasteiger partial charge in [-0.05, 0) is 12.1 Å². The molecular formula is C12H10ClNO3. The second-order valence-electron chi connectivity index (χ2n) is 3.07. The molecule has 0 aliphatic heterocycles. The van der Waals surface area contributed by atoms with Gasteiger partial charge in [-0.15, -0.1) is 0 Å². The lowest BCUT2D eigenvalue weighted by Crippen LogP contribution is -2.15. The number of rotatable bonds is 5. The highest BCUT2D eigenvalue weighted by atomic mass is 35.5. The van der Waals surface area contributed by atoms with Crippen molar-refractivity contribution in [1.82, 2.24) is 0 Å². The molecule has 0 amide bonds. The molecule has 0 atom stereocenters. The first-order valence-electron chi connectivity index (χ1n) is 4.74. The molecule has 5 heteroatoms. The molecule has 0 aliphatic carbocycles. The second-order valence-corrected chi connectivity index (χ2v) is 3.61. The van der Waals surface area contributed by atoms with Crippen LogP contribution >= 0.6 is 11.6 Å². The van der Waals surface area contributed by atoms with Gasteiger partial charge in [0, 0.05) is 5.03 Å². The number of nitriles is 1. The van der Waals surface area contributed by atoms with Gasteiger partial charge in [0.2, 0.25) is 0 Å². The van der Waals surface area contributed by atoms with Gasteiger partial charge in [0.25, 0.3) is 0 Å². The minimum Gasteiger partial charge on any atom is -0.481 e. The Morgan fingerprint density at radius 1 is 1.41 bits per heavy atom. The number of halogens is 1. The lowest BCUT2D eigenvalue weighted by atomic mass is 10.2. The fourth-order valence-electron chi connectivity index (χ4n) is 1.02. The first kappa shape index (κ1) is 13.1. The molecule has 0 aromatic heterocycles. The smallest absolute Gasteiger partial charge is 0.344 e. The fourth-order valence-corrected chi connectivity index (χ4v) is 1.08. The molecule has 88 valence electrons. The van der Waals surface area contributed by atoms with Crippen molar-refractivity contribution in [2.24, 2.45) is 0 Å². The van der Waals surface area contributed by atoms with E-state index in [0.29, 0.717) is 11.3 Å². The molecule has 17 heavy (non-hydrogen) atoms. The molecule has 1 aromatic rings. The van der Waals surface area contributed by atoms with Crippen molar-refractivity contribution in [1.29, 1.82) is 5.26 Å². The van der Waals surface area contributed by atoms with Crippen LogP contribution in [-0.4, -0.2) is 19.2 Å². The number of ether oxygens (including phenoxy) is 2. The Labute approximate surface area is 104 Å². The van der Waals surface area contributed by atoms with Gasteiger partial charge >= 0.3 is 5.97 Å². The van der Waals surface area contributed by atoms with E-state index < -0.39 is 5.97 Å². The van der Waals surface area contributed by atoms with Crippen LogP contribution in [0.5, 0.6) is 5.75 Å². The van der Waals surface area contributed by atoms with Crippen LogP contribution in [0.25, 0.3) is 0 Å². The summed E-state index contributed by atoms with van der Waals surface area (Å²) in [5, 5.41) is 9.02. The molecule has 0 bridgehead atoms. The lowest BCUT2D eigenvalue weighted by Gasteiger charge is -2.07. The van der Waals surface area contributed by atoms with Crippen molar-refractivity contribution in [2.45, 2.75) is 0 Å². The minimum atomic E-state index is -0.570. The van der Waals surface area contributed by atoms with Crippen molar-refractivity contribution >= 4 is 17.6 Å². The van der Waals surface area contributed by atoms with E-state index in [4.69, 9.17) is 26.3 Å². The standard InChI is InChI=1S/C12H10ClNO3/c1-9(13)7-17-12(15)8-16-11-5-3-2-4-10(11)6-14/h2-5H,1,7-8H2. The van der Waals surface area contributed by atoms with Crippen LogP contribution in [0.4, 0.5) is 0 Å². The largest absolute Gasteiger partial charge is 0.481 e. The normalized spacial score (nSPS) is 9.18. The Bertz CT molecular complexity index is 465. The number of hydrogen-bond donors (Lipinski definition) is 0. The van der Waals surface area contributed by atoms with Crippen LogP contribution in [0, 0.1) is 11.3 Å². The molecule has 0 saturated carbocycles. The topological polar surface area (TPSA) is 59.3 Å². The molecule has 4 nitrogen and oxygen atoms in total. The number of carbonyl (C=O) groups is 1. The van der Waals surface area contributed by atoms with Crippen molar-refractivity contribution in [3.63, 3.8) is 0 Å². The first-order valence-corrected chi connectivity index (χ1v) is 5.12. The summed E-state index contributed by atoms with van der Waals surface area (Å²) in [4.78, 5) is 11.2. The van der Waals surface area contributed by atoms with E-state index in [-0.39, 0.29) is 18.2 Å². The maximum Gasteiger partial charge on any atom is 0.344 e. The Hall–Kier alpha value is -1.99. The average molecular weight is 252 g/mol. The van der Waals surface area contributed by atoms with Crippen molar-refractivity contribution in [3.05, 3.63) is 41.4 Å². The van der Waals surface area contributed by atoms with Gasteiger partial charge < -0.3 is 9.47 Å². The molecule has 0 unspecified atom stereocenters. The minimum absolute atomic E-state index is 0.0519. The zero-order chi connectivity index (χ0) is 12.7. The van der Waals surface area contributed by atoms with Crippen molar-refractivity contribution < 1.29 is 14.3 Å². The van der Waals surface area contributed by atoms with Crippen molar-refractivity contribution in [2.75, 3.05) is 13.2 Å². The second kappa shape index (κ2) is 6.56. The highest BCUT2D eigenvalue weighted by Crippen LogP contribution is 2.16. The predicted molar refractivity (Wildman–Crippen MR) is 62.6 cm³/mol. The van der Waals surface area contributed by atoms with Gasteiger partial charge in [0.1, 0.15) is 18.4 Å². The quantitative estimate of drug-likeness (QED) is 0.753. The molecule has 0 fully saturated rings. The molecule has 0 aliphatic rings. The van der Waals surface area contributed by atoms with Crippen LogP contribution in [0.3, 0.4) is 0 Å². The summed E-state index contributed by atoms with van der Waals surface area (Å²) in [6.45, 7) is 3.05. The summed E-state index contributed by atoms with van der Waals surface area (Å²) in [6, 6.07) is 8.58. The Morgan fingerprint density at radius 3 is 2.76 bits per heavy atom. The summed E-state index contributed by atoms with van der Waals surface area (Å²) in [6.07, 6.45) is 0. The maximum absolute atomic E-state index is 11.2. The third-order valence-corrected chi connectivity index (χ3v) is 1.85. The number of esters is 1. The van der Waals surface area contributed by atoms with Gasteiger partial charge in [-0.1, -0.05) is 30.3 Å². The summed E-state index contributed by atoms with van der Waals surface area (Å²) in [5.41, 5.74) is 0.363. The molecule has 0 saturated heterocycles. The van der Waals surface area contributed by atoms with Crippen molar-refractivity contribution in [3.8, 4) is 11.8 Å². The number of hydrogen-bond acceptors (Lipinski definition) is 4. The van der Waals surface area contributed by atoms with Gasteiger partial charge in [-0.2, -0.15) is 5.26 Å². The molecule has 0 N–H and O–H groups in total.